The number of carbonyl (C=O) groups is 1. The van der Waals surface area contributed by atoms with Crippen molar-refractivity contribution in [3.63, 3.8) is 0 Å². The van der Waals surface area contributed by atoms with Crippen LogP contribution in [-0.2, 0) is 6.42 Å². The summed E-state index contributed by atoms with van der Waals surface area (Å²) in [6.07, 6.45) is 2.23. The Balaban J connectivity index is 2.81. The van der Waals surface area contributed by atoms with Gasteiger partial charge in [0.1, 0.15) is 5.76 Å². The number of nitrogens with zero attached hydrogens (tertiary/aromatic N) is 1. The van der Waals surface area contributed by atoms with Crippen LogP contribution in [0.15, 0.2) is 16.7 Å². The highest BCUT2D eigenvalue weighted by molar-refractivity contribution is 6.18. The highest BCUT2D eigenvalue weighted by Crippen LogP contribution is 2.14. The van der Waals surface area contributed by atoms with Crippen molar-refractivity contribution in [2.24, 2.45) is 0 Å². The van der Waals surface area contributed by atoms with Crippen LogP contribution in [-0.4, -0.2) is 35.7 Å². The van der Waals surface area contributed by atoms with Crippen LogP contribution in [0.2, 0.25) is 0 Å². The van der Waals surface area contributed by atoms with E-state index in [1.807, 2.05) is 6.92 Å². The molecule has 0 aliphatic carbocycles. The largest absolute Gasteiger partial charge is 0.469 e. The average Bonchev–Trinajstić information content (AvgIpc) is 2.75. The molecule has 0 N–H and O–H groups in total. The molecule has 0 aliphatic rings. The van der Waals surface area contributed by atoms with Crippen molar-refractivity contribution in [2.75, 3.05) is 24.8 Å². The van der Waals surface area contributed by atoms with Gasteiger partial charge in [-0.3, -0.25) is 4.79 Å². The lowest BCUT2D eigenvalue weighted by molar-refractivity contribution is 0.0773. The van der Waals surface area contributed by atoms with Crippen molar-refractivity contribution in [1.82, 2.24) is 4.90 Å². The smallest absolute Gasteiger partial charge is 0.257 e. The van der Waals surface area contributed by atoms with Gasteiger partial charge in [-0.15, -0.1) is 23.2 Å². The number of hydrogen-bond donors (Lipinski definition) is 0. The minimum atomic E-state index is -0.0631. The summed E-state index contributed by atoms with van der Waals surface area (Å²) in [6, 6.07) is 1.69. The predicted molar refractivity (Wildman–Crippen MR) is 65.4 cm³/mol. The Bertz CT molecular complexity index is 332. The van der Waals surface area contributed by atoms with Gasteiger partial charge in [-0.25, -0.2) is 0 Å². The number of rotatable bonds is 6. The summed E-state index contributed by atoms with van der Waals surface area (Å²) < 4.78 is 5.23. The topological polar surface area (TPSA) is 33.5 Å². The fourth-order valence-corrected chi connectivity index (χ4v) is 1.90. The summed E-state index contributed by atoms with van der Waals surface area (Å²) in [4.78, 5) is 13.8. The highest BCUT2D eigenvalue weighted by Gasteiger charge is 2.19. The van der Waals surface area contributed by atoms with Crippen LogP contribution < -0.4 is 0 Å². The van der Waals surface area contributed by atoms with E-state index in [1.165, 1.54) is 6.26 Å². The maximum Gasteiger partial charge on any atom is 0.257 e. The summed E-state index contributed by atoms with van der Waals surface area (Å²) in [5, 5.41) is 0. The third kappa shape index (κ3) is 3.16. The SMILES string of the molecule is CCc1occc1C(=O)N(CCCl)CCCl. The molecular formula is C11H15Cl2NO2. The number of alkyl halides is 2. The Labute approximate surface area is 105 Å². The van der Waals surface area contributed by atoms with Gasteiger partial charge in [0.15, 0.2) is 0 Å². The van der Waals surface area contributed by atoms with Crippen molar-refractivity contribution in [1.29, 1.82) is 0 Å². The van der Waals surface area contributed by atoms with E-state index >= 15 is 0 Å². The zero-order valence-corrected chi connectivity index (χ0v) is 10.7. The van der Waals surface area contributed by atoms with Crippen LogP contribution in [0.4, 0.5) is 0 Å². The fraction of sp³-hybridized carbons (Fsp3) is 0.545. The first kappa shape index (κ1) is 13.4. The molecule has 5 heteroatoms. The number of carbonyl (C=O) groups excluding carboxylic acids is 1. The summed E-state index contributed by atoms with van der Waals surface area (Å²) in [7, 11) is 0. The number of furan rings is 1. The van der Waals surface area contributed by atoms with Gasteiger partial charge in [-0.1, -0.05) is 6.92 Å². The quantitative estimate of drug-likeness (QED) is 0.740. The first-order valence-electron chi connectivity index (χ1n) is 5.22. The van der Waals surface area contributed by atoms with Gasteiger partial charge in [-0.2, -0.15) is 0 Å². The van der Waals surface area contributed by atoms with E-state index in [4.69, 9.17) is 27.6 Å². The molecule has 1 amide bonds. The molecule has 16 heavy (non-hydrogen) atoms. The first-order chi connectivity index (χ1) is 7.74. The Hall–Kier alpha value is -0.670. The number of hydrogen-bond acceptors (Lipinski definition) is 2. The van der Waals surface area contributed by atoms with E-state index in [9.17, 15) is 4.79 Å². The molecule has 3 nitrogen and oxygen atoms in total. The molecule has 1 aromatic heterocycles. The number of aryl methyl sites for hydroxylation is 1. The van der Waals surface area contributed by atoms with Gasteiger partial charge in [0, 0.05) is 31.3 Å². The molecular weight excluding hydrogens is 249 g/mol. The summed E-state index contributed by atoms with van der Waals surface area (Å²) in [5.74, 6) is 1.45. The summed E-state index contributed by atoms with van der Waals surface area (Å²) in [6.45, 7) is 2.95. The third-order valence-electron chi connectivity index (χ3n) is 2.29. The van der Waals surface area contributed by atoms with E-state index in [2.05, 4.69) is 0 Å². The molecule has 0 radical (unpaired) electrons. The summed E-state index contributed by atoms with van der Waals surface area (Å²) in [5.41, 5.74) is 0.609. The Kier molecular flexibility index (Phi) is 5.71. The minimum Gasteiger partial charge on any atom is -0.469 e. The number of halogens is 2. The Morgan fingerprint density at radius 2 is 2.00 bits per heavy atom. The van der Waals surface area contributed by atoms with Gasteiger partial charge in [0.05, 0.1) is 11.8 Å². The van der Waals surface area contributed by atoms with E-state index < -0.39 is 0 Å². The van der Waals surface area contributed by atoms with Crippen LogP contribution in [0.1, 0.15) is 23.0 Å². The minimum absolute atomic E-state index is 0.0631. The normalized spacial score (nSPS) is 10.4. The standard InChI is InChI=1S/C11H15Cl2NO2/c1-2-10-9(3-8-16-10)11(15)14(6-4-12)7-5-13/h3,8H,2,4-7H2,1H3. The van der Waals surface area contributed by atoms with Crippen molar-refractivity contribution in [3.8, 4) is 0 Å². The second-order valence-electron chi connectivity index (χ2n) is 3.28. The zero-order chi connectivity index (χ0) is 12.0. The third-order valence-corrected chi connectivity index (χ3v) is 2.63. The van der Waals surface area contributed by atoms with E-state index in [1.54, 1.807) is 11.0 Å². The van der Waals surface area contributed by atoms with Crippen molar-refractivity contribution in [2.45, 2.75) is 13.3 Å². The molecule has 0 aliphatic heterocycles. The van der Waals surface area contributed by atoms with Gasteiger partial charge < -0.3 is 9.32 Å². The first-order valence-corrected chi connectivity index (χ1v) is 6.29. The zero-order valence-electron chi connectivity index (χ0n) is 9.21. The van der Waals surface area contributed by atoms with Gasteiger partial charge in [0.2, 0.25) is 0 Å². The molecule has 1 rings (SSSR count). The maximum absolute atomic E-state index is 12.1. The van der Waals surface area contributed by atoms with Crippen LogP contribution in [0.25, 0.3) is 0 Å². The molecule has 0 fully saturated rings. The van der Waals surface area contributed by atoms with E-state index in [0.29, 0.717) is 42.6 Å². The van der Waals surface area contributed by atoms with E-state index in [-0.39, 0.29) is 5.91 Å². The maximum atomic E-state index is 12.1. The van der Waals surface area contributed by atoms with Crippen LogP contribution in [0.3, 0.4) is 0 Å². The monoisotopic (exact) mass is 263 g/mol. The van der Waals surface area contributed by atoms with Gasteiger partial charge >= 0.3 is 0 Å². The Morgan fingerprint density at radius 1 is 1.38 bits per heavy atom. The van der Waals surface area contributed by atoms with Gasteiger partial charge in [-0.05, 0) is 6.07 Å². The highest BCUT2D eigenvalue weighted by atomic mass is 35.5. The second-order valence-corrected chi connectivity index (χ2v) is 4.04. The average molecular weight is 264 g/mol. The summed E-state index contributed by atoms with van der Waals surface area (Å²) >= 11 is 11.3. The predicted octanol–water partition coefficient (Wildman–Crippen LogP) is 2.76. The lowest BCUT2D eigenvalue weighted by Gasteiger charge is -2.20. The van der Waals surface area contributed by atoms with Gasteiger partial charge in [0.25, 0.3) is 5.91 Å². The molecule has 1 aromatic rings. The molecule has 0 saturated heterocycles. The van der Waals surface area contributed by atoms with Crippen molar-refractivity contribution < 1.29 is 9.21 Å². The van der Waals surface area contributed by atoms with Crippen molar-refractivity contribution in [3.05, 3.63) is 23.7 Å². The van der Waals surface area contributed by atoms with Crippen LogP contribution >= 0.6 is 23.2 Å². The molecule has 1 heterocycles. The molecule has 0 unspecified atom stereocenters. The fourth-order valence-electron chi connectivity index (χ4n) is 1.49. The molecule has 0 spiro atoms. The van der Waals surface area contributed by atoms with Crippen LogP contribution in [0, 0.1) is 0 Å². The second kappa shape index (κ2) is 6.81. The Morgan fingerprint density at radius 3 is 2.50 bits per heavy atom. The molecule has 0 aromatic carbocycles. The lowest BCUT2D eigenvalue weighted by Crippen LogP contribution is -2.34. The van der Waals surface area contributed by atoms with Crippen molar-refractivity contribution >= 4 is 29.1 Å². The van der Waals surface area contributed by atoms with Crippen LogP contribution in [0.5, 0.6) is 0 Å². The van der Waals surface area contributed by atoms with E-state index in [0.717, 1.165) is 0 Å². The molecule has 0 bridgehead atoms. The molecule has 90 valence electrons. The lowest BCUT2D eigenvalue weighted by atomic mass is 10.2. The number of amides is 1. The molecule has 0 atom stereocenters. The molecule has 0 saturated carbocycles.